The number of carbonyl (C=O) groups is 1. The van der Waals surface area contributed by atoms with Crippen LogP contribution in [-0.4, -0.2) is 40.4 Å². The van der Waals surface area contributed by atoms with Gasteiger partial charge in [-0.1, -0.05) is 12.1 Å². The molecule has 116 valence electrons. The van der Waals surface area contributed by atoms with Gasteiger partial charge in [-0.2, -0.15) is 0 Å². The summed E-state index contributed by atoms with van der Waals surface area (Å²) in [6.07, 6.45) is -1.65. The number of fused-ring (bicyclic) bond motifs is 1. The molecular weight excluding hydrogens is 290 g/mol. The Hall–Kier alpha value is -2.31. The van der Waals surface area contributed by atoms with E-state index in [-0.39, 0.29) is 11.9 Å². The van der Waals surface area contributed by atoms with Crippen LogP contribution in [0.1, 0.15) is 25.1 Å². The number of alkyl halides is 2. The van der Waals surface area contributed by atoms with Gasteiger partial charge in [0.15, 0.2) is 5.82 Å². The quantitative estimate of drug-likeness (QED) is 0.947. The summed E-state index contributed by atoms with van der Waals surface area (Å²) < 4.78 is 25.9. The van der Waals surface area contributed by atoms with Crippen molar-refractivity contribution in [2.75, 3.05) is 18.9 Å². The summed E-state index contributed by atoms with van der Waals surface area (Å²) in [5.41, 5.74) is 0.467. The maximum absolute atomic E-state index is 13.0. The highest BCUT2D eigenvalue weighted by molar-refractivity contribution is 5.89. The van der Waals surface area contributed by atoms with Crippen LogP contribution in [0.25, 0.3) is 10.9 Å². The molecule has 22 heavy (non-hydrogen) atoms. The van der Waals surface area contributed by atoms with Gasteiger partial charge in [-0.25, -0.2) is 18.7 Å². The molecule has 3 rings (SSSR count). The first-order valence-electron chi connectivity index (χ1n) is 7.10. The van der Waals surface area contributed by atoms with Crippen LogP contribution in [0, 0.1) is 0 Å². The Morgan fingerprint density at radius 2 is 2.09 bits per heavy atom. The second-order valence-corrected chi connectivity index (χ2v) is 5.40. The fourth-order valence-corrected chi connectivity index (χ4v) is 2.56. The van der Waals surface area contributed by atoms with Crippen LogP contribution in [-0.2, 0) is 4.79 Å². The molecule has 1 unspecified atom stereocenters. The zero-order valence-electron chi connectivity index (χ0n) is 12.1. The van der Waals surface area contributed by atoms with Gasteiger partial charge in [-0.15, -0.1) is 0 Å². The molecule has 0 saturated carbocycles. The minimum Gasteiger partial charge on any atom is -0.366 e. The number of aromatic nitrogens is 2. The second kappa shape index (κ2) is 5.82. The van der Waals surface area contributed by atoms with Crippen LogP contribution >= 0.6 is 0 Å². The summed E-state index contributed by atoms with van der Waals surface area (Å²) in [4.78, 5) is 21.3. The Morgan fingerprint density at radius 1 is 1.32 bits per heavy atom. The zero-order chi connectivity index (χ0) is 15.7. The summed E-state index contributed by atoms with van der Waals surface area (Å²) in [5, 5.41) is 3.82. The lowest BCUT2D eigenvalue weighted by atomic mass is 10.0. The molecule has 0 bridgehead atoms. The number of anilines is 1. The van der Waals surface area contributed by atoms with Crippen molar-refractivity contribution in [3.63, 3.8) is 0 Å². The number of hydrogen-bond donors (Lipinski definition) is 1. The molecule has 1 aromatic heterocycles. The summed E-state index contributed by atoms with van der Waals surface area (Å²) in [7, 11) is 1.76. The summed E-state index contributed by atoms with van der Waals surface area (Å²) >= 11 is 0. The van der Waals surface area contributed by atoms with Gasteiger partial charge in [-0.05, 0) is 18.6 Å². The van der Waals surface area contributed by atoms with Crippen molar-refractivity contribution in [2.24, 2.45) is 0 Å². The van der Waals surface area contributed by atoms with Gasteiger partial charge < -0.3 is 10.2 Å². The van der Waals surface area contributed by atoms with E-state index in [2.05, 4.69) is 15.3 Å². The molecule has 0 spiro atoms. The largest absolute Gasteiger partial charge is 0.366 e. The Morgan fingerprint density at radius 3 is 2.82 bits per heavy atom. The van der Waals surface area contributed by atoms with Gasteiger partial charge in [0.25, 0.3) is 6.43 Å². The molecule has 5 nitrogen and oxygen atoms in total. The van der Waals surface area contributed by atoms with Gasteiger partial charge in [0.1, 0.15) is 5.82 Å². The van der Waals surface area contributed by atoms with E-state index < -0.39 is 12.2 Å². The highest BCUT2D eigenvalue weighted by Gasteiger charge is 2.24. The number of nitrogens with zero attached hydrogens (tertiary/aromatic N) is 3. The molecule has 0 radical (unpaired) electrons. The van der Waals surface area contributed by atoms with E-state index in [0.717, 1.165) is 6.42 Å². The Balaban J connectivity index is 1.93. The van der Waals surface area contributed by atoms with E-state index in [4.69, 9.17) is 0 Å². The minimum absolute atomic E-state index is 0.0381. The molecule has 1 aromatic carbocycles. The number of para-hydroxylation sites is 1. The van der Waals surface area contributed by atoms with Crippen LogP contribution in [0.15, 0.2) is 24.3 Å². The number of hydrogen-bond acceptors (Lipinski definition) is 4. The lowest BCUT2D eigenvalue weighted by molar-refractivity contribution is -0.132. The maximum Gasteiger partial charge on any atom is 0.297 e. The summed E-state index contributed by atoms with van der Waals surface area (Å²) in [6.45, 7) is 0.640. The molecule has 1 amide bonds. The normalized spacial score (nSPS) is 19.0. The van der Waals surface area contributed by atoms with Crippen LogP contribution in [0.4, 0.5) is 14.6 Å². The van der Waals surface area contributed by atoms with Crippen molar-refractivity contribution in [2.45, 2.75) is 25.3 Å². The van der Waals surface area contributed by atoms with Crippen LogP contribution in [0.2, 0.25) is 0 Å². The number of halogens is 2. The van der Waals surface area contributed by atoms with E-state index in [0.29, 0.717) is 29.7 Å². The van der Waals surface area contributed by atoms with Gasteiger partial charge in [0.05, 0.1) is 5.52 Å². The lowest BCUT2D eigenvalue weighted by Gasteiger charge is -2.29. The fraction of sp³-hybridized carbons (Fsp3) is 0.400. The fourth-order valence-electron chi connectivity index (χ4n) is 2.56. The number of amides is 1. The van der Waals surface area contributed by atoms with Gasteiger partial charge in [0, 0.05) is 31.4 Å². The minimum atomic E-state index is -2.73. The Labute approximate surface area is 126 Å². The van der Waals surface area contributed by atoms with E-state index in [1.54, 1.807) is 36.2 Å². The second-order valence-electron chi connectivity index (χ2n) is 5.40. The molecule has 0 aliphatic carbocycles. The molecule has 1 fully saturated rings. The average molecular weight is 306 g/mol. The number of nitrogens with one attached hydrogen (secondary N) is 1. The van der Waals surface area contributed by atoms with Crippen LogP contribution in [0.3, 0.4) is 0 Å². The SMILES string of the molecule is CN1CCC(Nc2nc(C(F)F)nc3ccccc23)CC1=O. The third-order valence-corrected chi connectivity index (χ3v) is 3.82. The van der Waals surface area contributed by atoms with E-state index in [1.807, 2.05) is 0 Å². The summed E-state index contributed by atoms with van der Waals surface area (Å²) in [5.74, 6) is -0.0973. The monoisotopic (exact) mass is 306 g/mol. The van der Waals surface area contributed by atoms with Crippen molar-refractivity contribution < 1.29 is 13.6 Å². The van der Waals surface area contributed by atoms with Crippen LogP contribution in [0.5, 0.6) is 0 Å². The van der Waals surface area contributed by atoms with E-state index in [1.165, 1.54) is 0 Å². The molecule has 2 aromatic rings. The molecule has 1 N–H and O–H groups in total. The summed E-state index contributed by atoms with van der Waals surface area (Å²) in [6, 6.07) is 6.90. The lowest BCUT2D eigenvalue weighted by Crippen LogP contribution is -2.41. The van der Waals surface area contributed by atoms with Gasteiger partial charge in [-0.3, -0.25) is 4.79 Å². The molecule has 2 heterocycles. The third kappa shape index (κ3) is 2.84. The number of carbonyl (C=O) groups excluding carboxylic acids is 1. The Kier molecular flexibility index (Phi) is 3.87. The number of rotatable bonds is 3. The first-order chi connectivity index (χ1) is 10.5. The van der Waals surface area contributed by atoms with Gasteiger partial charge >= 0.3 is 0 Å². The van der Waals surface area contributed by atoms with Crippen molar-refractivity contribution in [3.05, 3.63) is 30.1 Å². The molecule has 7 heteroatoms. The van der Waals surface area contributed by atoms with Crippen molar-refractivity contribution in [1.82, 2.24) is 14.9 Å². The zero-order valence-corrected chi connectivity index (χ0v) is 12.1. The standard InChI is InChI=1S/C15H16F2N4O/c1-21-7-6-9(8-12(21)22)18-14-10-4-2-3-5-11(10)19-15(20-14)13(16)17/h2-5,9,13H,6-8H2,1H3,(H,18,19,20). The smallest absolute Gasteiger partial charge is 0.297 e. The van der Waals surface area contributed by atoms with Crippen molar-refractivity contribution in [1.29, 1.82) is 0 Å². The highest BCUT2D eigenvalue weighted by Crippen LogP contribution is 2.26. The van der Waals surface area contributed by atoms with E-state index in [9.17, 15) is 13.6 Å². The van der Waals surface area contributed by atoms with Crippen molar-refractivity contribution >= 4 is 22.6 Å². The molecular formula is C15H16F2N4O. The first kappa shape index (κ1) is 14.6. The number of benzene rings is 1. The predicted molar refractivity (Wildman–Crippen MR) is 78.8 cm³/mol. The number of likely N-dealkylation sites (tertiary alicyclic amines) is 1. The Bertz CT molecular complexity index is 707. The highest BCUT2D eigenvalue weighted by atomic mass is 19.3. The topological polar surface area (TPSA) is 58.1 Å². The average Bonchev–Trinajstić information content (AvgIpc) is 2.50. The predicted octanol–water partition coefficient (Wildman–Crippen LogP) is 2.60. The van der Waals surface area contributed by atoms with Crippen LogP contribution < -0.4 is 5.32 Å². The molecule has 1 saturated heterocycles. The maximum atomic E-state index is 13.0. The molecule has 1 aliphatic heterocycles. The molecule has 1 atom stereocenters. The van der Waals surface area contributed by atoms with Crippen molar-refractivity contribution in [3.8, 4) is 0 Å². The van der Waals surface area contributed by atoms with Gasteiger partial charge in [0.2, 0.25) is 5.91 Å². The number of piperidine rings is 1. The third-order valence-electron chi connectivity index (χ3n) is 3.82. The molecule has 1 aliphatic rings. The van der Waals surface area contributed by atoms with E-state index >= 15 is 0 Å². The first-order valence-corrected chi connectivity index (χ1v) is 7.10.